The van der Waals surface area contributed by atoms with Crippen LogP contribution in [0.4, 0.5) is 4.39 Å². The van der Waals surface area contributed by atoms with Gasteiger partial charge in [-0.25, -0.2) is 4.39 Å². The highest BCUT2D eigenvalue weighted by Gasteiger charge is 2.13. The van der Waals surface area contributed by atoms with Crippen molar-refractivity contribution in [1.29, 1.82) is 0 Å². The third-order valence-electron chi connectivity index (χ3n) is 4.38. The van der Waals surface area contributed by atoms with Gasteiger partial charge in [0.2, 0.25) is 0 Å². The number of benzene rings is 2. The molecule has 5 heteroatoms. The Morgan fingerprint density at radius 3 is 2.76 bits per heavy atom. The van der Waals surface area contributed by atoms with Crippen LogP contribution in [0.1, 0.15) is 5.56 Å². The van der Waals surface area contributed by atoms with Crippen LogP contribution in [0.5, 0.6) is 5.75 Å². The molecule has 2 aromatic carbocycles. The number of aromatic nitrogens is 2. The molecule has 25 heavy (non-hydrogen) atoms. The minimum absolute atomic E-state index is 0.175. The fraction of sp³-hybridized carbons (Fsp3) is 0.150. The summed E-state index contributed by atoms with van der Waals surface area (Å²) in [6.07, 6.45) is 3.67. The van der Waals surface area contributed by atoms with Crippen LogP contribution in [-0.4, -0.2) is 22.9 Å². The second-order valence-corrected chi connectivity index (χ2v) is 6.66. The van der Waals surface area contributed by atoms with Crippen LogP contribution < -0.4 is 4.74 Å². The minimum Gasteiger partial charge on any atom is -0.497 e. The topological polar surface area (TPSA) is 27.1 Å². The molecule has 0 saturated carbocycles. The summed E-state index contributed by atoms with van der Waals surface area (Å²) in [7, 11) is 1.66. The van der Waals surface area contributed by atoms with E-state index in [0.29, 0.717) is 11.4 Å². The van der Waals surface area contributed by atoms with Crippen molar-refractivity contribution in [3.05, 3.63) is 66.1 Å². The number of methoxy groups -OCH3 is 1. The number of fused-ring (bicyclic) bond motifs is 3. The fourth-order valence-electron chi connectivity index (χ4n) is 3.18. The van der Waals surface area contributed by atoms with Gasteiger partial charge in [0.05, 0.1) is 23.7 Å². The molecule has 0 radical (unpaired) electrons. The molecule has 0 amide bonds. The Kier molecular flexibility index (Phi) is 4.09. The maximum Gasteiger partial charge on any atom is 0.137 e. The molecule has 2 heterocycles. The third kappa shape index (κ3) is 2.74. The molecule has 0 spiro atoms. The molecule has 0 fully saturated rings. The number of rotatable bonds is 4. The lowest BCUT2D eigenvalue weighted by molar-refractivity contribution is 0.415. The van der Waals surface area contributed by atoms with Gasteiger partial charge in [0.1, 0.15) is 11.6 Å². The van der Waals surface area contributed by atoms with Crippen LogP contribution in [-0.2, 0) is 6.54 Å². The molecule has 2 aromatic heterocycles. The summed E-state index contributed by atoms with van der Waals surface area (Å²) in [6, 6.07) is 15.4. The molecule has 4 rings (SSSR count). The van der Waals surface area contributed by atoms with Gasteiger partial charge in [0.15, 0.2) is 0 Å². The van der Waals surface area contributed by atoms with Crippen LogP contribution in [0.2, 0.25) is 0 Å². The van der Waals surface area contributed by atoms with Crippen molar-refractivity contribution < 1.29 is 9.13 Å². The Balaban J connectivity index is 1.89. The minimum atomic E-state index is -0.175. The van der Waals surface area contributed by atoms with Crippen molar-refractivity contribution in [1.82, 2.24) is 9.55 Å². The van der Waals surface area contributed by atoms with Gasteiger partial charge in [-0.3, -0.25) is 4.98 Å². The van der Waals surface area contributed by atoms with Crippen LogP contribution in [0.15, 0.2) is 59.6 Å². The SMILES string of the molecule is COc1ccc2c(c1)c1ncccc1n2Cc1ccc(SC)c(F)c1. The van der Waals surface area contributed by atoms with E-state index in [9.17, 15) is 4.39 Å². The summed E-state index contributed by atoms with van der Waals surface area (Å²) in [5.74, 6) is 0.623. The summed E-state index contributed by atoms with van der Waals surface area (Å²) >= 11 is 1.42. The monoisotopic (exact) mass is 352 g/mol. The molecular formula is C20H17FN2OS. The van der Waals surface area contributed by atoms with Gasteiger partial charge in [0, 0.05) is 23.0 Å². The number of hydrogen-bond donors (Lipinski definition) is 0. The Labute approximate surface area is 149 Å². The smallest absolute Gasteiger partial charge is 0.137 e. The van der Waals surface area contributed by atoms with Crippen LogP contribution >= 0.6 is 11.8 Å². The molecule has 0 aliphatic heterocycles. The highest BCUT2D eigenvalue weighted by atomic mass is 32.2. The van der Waals surface area contributed by atoms with Crippen molar-refractivity contribution in [2.75, 3.05) is 13.4 Å². The second kappa shape index (κ2) is 6.41. The standard InChI is InChI=1S/C20H17FN2OS/c1-24-14-6-7-17-15(11-14)20-18(4-3-9-22-20)23(17)12-13-5-8-19(25-2)16(21)10-13/h3-11H,12H2,1-2H3. The first kappa shape index (κ1) is 16.0. The van der Waals surface area contributed by atoms with Crippen molar-refractivity contribution in [2.24, 2.45) is 0 Å². The Hall–Kier alpha value is -2.53. The van der Waals surface area contributed by atoms with Crippen molar-refractivity contribution in [3.8, 4) is 5.75 Å². The molecule has 0 N–H and O–H groups in total. The molecule has 4 aromatic rings. The molecule has 0 aliphatic carbocycles. The lowest BCUT2D eigenvalue weighted by Crippen LogP contribution is -2.00. The van der Waals surface area contributed by atoms with E-state index in [1.807, 2.05) is 48.7 Å². The van der Waals surface area contributed by atoms with E-state index in [1.165, 1.54) is 11.8 Å². The Morgan fingerprint density at radius 1 is 1.12 bits per heavy atom. The van der Waals surface area contributed by atoms with Gasteiger partial charge in [-0.05, 0) is 54.3 Å². The number of pyridine rings is 1. The molecule has 0 unspecified atom stereocenters. The van der Waals surface area contributed by atoms with Crippen molar-refractivity contribution >= 4 is 33.7 Å². The number of halogens is 1. The number of ether oxygens (including phenoxy) is 1. The molecule has 0 saturated heterocycles. The summed E-state index contributed by atoms with van der Waals surface area (Å²) in [5.41, 5.74) is 3.94. The average Bonchev–Trinajstić information content (AvgIpc) is 2.95. The quantitative estimate of drug-likeness (QED) is 0.478. The molecular weight excluding hydrogens is 335 g/mol. The van der Waals surface area contributed by atoms with Gasteiger partial charge in [-0.15, -0.1) is 11.8 Å². The first-order valence-electron chi connectivity index (χ1n) is 7.94. The third-order valence-corrected chi connectivity index (χ3v) is 5.15. The predicted octanol–water partition coefficient (Wildman–Crippen LogP) is 5.11. The summed E-state index contributed by atoms with van der Waals surface area (Å²) in [6.45, 7) is 0.587. The van der Waals surface area contributed by atoms with E-state index in [1.54, 1.807) is 19.4 Å². The van der Waals surface area contributed by atoms with Gasteiger partial charge < -0.3 is 9.30 Å². The van der Waals surface area contributed by atoms with Crippen molar-refractivity contribution in [2.45, 2.75) is 11.4 Å². The van der Waals surface area contributed by atoms with Gasteiger partial charge in [-0.1, -0.05) is 6.07 Å². The van der Waals surface area contributed by atoms with E-state index in [2.05, 4.69) is 9.55 Å². The van der Waals surface area contributed by atoms with Crippen LogP contribution in [0.3, 0.4) is 0 Å². The number of thioether (sulfide) groups is 1. The highest BCUT2D eigenvalue weighted by Crippen LogP contribution is 2.31. The first-order valence-corrected chi connectivity index (χ1v) is 9.17. The molecule has 126 valence electrons. The zero-order valence-corrected chi connectivity index (χ0v) is 14.8. The van der Waals surface area contributed by atoms with E-state index < -0.39 is 0 Å². The Bertz CT molecular complexity index is 1070. The van der Waals surface area contributed by atoms with E-state index in [-0.39, 0.29) is 5.82 Å². The number of hydrogen-bond acceptors (Lipinski definition) is 3. The molecule has 0 aliphatic rings. The second-order valence-electron chi connectivity index (χ2n) is 5.81. The fourth-order valence-corrected chi connectivity index (χ4v) is 3.64. The van der Waals surface area contributed by atoms with Crippen molar-refractivity contribution in [3.63, 3.8) is 0 Å². The lowest BCUT2D eigenvalue weighted by atomic mass is 10.2. The van der Waals surface area contributed by atoms with Gasteiger partial charge in [-0.2, -0.15) is 0 Å². The van der Waals surface area contributed by atoms with Gasteiger partial charge in [0.25, 0.3) is 0 Å². The van der Waals surface area contributed by atoms with E-state index in [0.717, 1.165) is 33.2 Å². The molecule has 0 bridgehead atoms. The first-order chi connectivity index (χ1) is 12.2. The number of nitrogens with zero attached hydrogens (tertiary/aromatic N) is 2. The van der Waals surface area contributed by atoms with Crippen LogP contribution in [0.25, 0.3) is 21.9 Å². The maximum atomic E-state index is 14.1. The summed E-state index contributed by atoms with van der Waals surface area (Å²) < 4.78 is 21.7. The zero-order valence-electron chi connectivity index (χ0n) is 14.0. The molecule has 0 atom stereocenters. The largest absolute Gasteiger partial charge is 0.497 e. The summed E-state index contributed by atoms with van der Waals surface area (Å²) in [4.78, 5) is 5.20. The van der Waals surface area contributed by atoms with Gasteiger partial charge >= 0.3 is 0 Å². The zero-order chi connectivity index (χ0) is 17.4. The normalized spacial score (nSPS) is 11.3. The lowest BCUT2D eigenvalue weighted by Gasteiger charge is -2.09. The maximum absolute atomic E-state index is 14.1. The highest BCUT2D eigenvalue weighted by molar-refractivity contribution is 7.98. The average molecular weight is 352 g/mol. The van der Waals surface area contributed by atoms with E-state index in [4.69, 9.17) is 4.74 Å². The molecule has 3 nitrogen and oxygen atoms in total. The Morgan fingerprint density at radius 2 is 2.00 bits per heavy atom. The van der Waals surface area contributed by atoms with E-state index >= 15 is 0 Å². The summed E-state index contributed by atoms with van der Waals surface area (Å²) in [5, 5.41) is 1.04. The van der Waals surface area contributed by atoms with Crippen LogP contribution in [0, 0.1) is 5.82 Å². The predicted molar refractivity (Wildman–Crippen MR) is 101 cm³/mol.